The number of hydrogen-bond acceptors (Lipinski definition) is 2. The predicted octanol–water partition coefficient (Wildman–Crippen LogP) is 1.39. The van der Waals surface area contributed by atoms with Crippen LogP contribution < -0.4 is 5.32 Å². The molecule has 72 valence electrons. The minimum atomic E-state index is -0.0854. The van der Waals surface area contributed by atoms with Crippen LogP contribution in [0, 0.1) is 11.8 Å². The van der Waals surface area contributed by atoms with Crippen molar-refractivity contribution in [2.45, 2.75) is 45.8 Å². The van der Waals surface area contributed by atoms with E-state index in [0.29, 0.717) is 6.04 Å². The summed E-state index contributed by atoms with van der Waals surface area (Å²) in [7, 11) is 0. The van der Waals surface area contributed by atoms with E-state index in [0.717, 1.165) is 24.8 Å². The summed E-state index contributed by atoms with van der Waals surface area (Å²) in [6.45, 7) is 7.55. The summed E-state index contributed by atoms with van der Waals surface area (Å²) >= 11 is 0. The first-order valence-electron chi connectivity index (χ1n) is 5.06. The molecule has 0 amide bonds. The molecule has 0 aromatic carbocycles. The Balaban J connectivity index is 2.27. The highest BCUT2D eigenvalue weighted by Crippen LogP contribution is 2.23. The van der Waals surface area contributed by atoms with Crippen molar-refractivity contribution in [3.63, 3.8) is 0 Å². The highest BCUT2D eigenvalue weighted by atomic mass is 16.3. The van der Waals surface area contributed by atoms with Crippen molar-refractivity contribution in [3.8, 4) is 0 Å². The van der Waals surface area contributed by atoms with Crippen molar-refractivity contribution < 1.29 is 5.11 Å². The second-order valence-corrected chi connectivity index (χ2v) is 4.23. The Morgan fingerprint density at radius 1 is 1.50 bits per heavy atom. The summed E-state index contributed by atoms with van der Waals surface area (Å²) in [5.41, 5.74) is 0. The third kappa shape index (κ3) is 2.20. The highest BCUT2D eigenvalue weighted by Gasteiger charge is 2.30. The first-order chi connectivity index (χ1) is 5.65. The highest BCUT2D eigenvalue weighted by molar-refractivity contribution is 4.89. The van der Waals surface area contributed by atoms with Crippen LogP contribution in [0.4, 0.5) is 0 Å². The lowest BCUT2D eigenvalue weighted by molar-refractivity contribution is 0.0440. The van der Waals surface area contributed by atoms with Gasteiger partial charge in [0.2, 0.25) is 0 Å². The topological polar surface area (TPSA) is 32.3 Å². The second-order valence-electron chi connectivity index (χ2n) is 4.23. The molecule has 2 nitrogen and oxygen atoms in total. The zero-order valence-electron chi connectivity index (χ0n) is 8.38. The Labute approximate surface area is 75.4 Å². The molecule has 1 unspecified atom stereocenters. The van der Waals surface area contributed by atoms with Gasteiger partial charge in [0, 0.05) is 12.6 Å². The van der Waals surface area contributed by atoms with E-state index in [1.807, 2.05) is 0 Å². The molecule has 3 atom stereocenters. The van der Waals surface area contributed by atoms with Crippen molar-refractivity contribution in [1.29, 1.82) is 0 Å². The van der Waals surface area contributed by atoms with Crippen molar-refractivity contribution in [3.05, 3.63) is 0 Å². The van der Waals surface area contributed by atoms with Gasteiger partial charge in [-0.05, 0) is 18.3 Å². The molecule has 0 spiro atoms. The van der Waals surface area contributed by atoms with Crippen molar-refractivity contribution in [2.75, 3.05) is 6.54 Å². The van der Waals surface area contributed by atoms with Crippen molar-refractivity contribution in [1.82, 2.24) is 5.32 Å². The van der Waals surface area contributed by atoms with Gasteiger partial charge >= 0.3 is 0 Å². The first kappa shape index (κ1) is 10.0. The summed E-state index contributed by atoms with van der Waals surface area (Å²) in [5.74, 6) is 1.50. The summed E-state index contributed by atoms with van der Waals surface area (Å²) in [6.07, 6.45) is 2.27. The lowest BCUT2D eigenvalue weighted by Crippen LogP contribution is -2.57. The molecule has 0 saturated carbocycles. The van der Waals surface area contributed by atoms with E-state index in [1.54, 1.807) is 0 Å². The SMILES string of the molecule is CC[C@@H](CC1NC[C@@H]1O)C(C)C. The van der Waals surface area contributed by atoms with E-state index in [4.69, 9.17) is 0 Å². The van der Waals surface area contributed by atoms with E-state index in [9.17, 15) is 5.11 Å². The van der Waals surface area contributed by atoms with Crippen molar-refractivity contribution >= 4 is 0 Å². The van der Waals surface area contributed by atoms with E-state index in [2.05, 4.69) is 26.1 Å². The largest absolute Gasteiger partial charge is 0.390 e. The first-order valence-corrected chi connectivity index (χ1v) is 5.06. The quantitative estimate of drug-likeness (QED) is 0.670. The number of rotatable bonds is 4. The fourth-order valence-electron chi connectivity index (χ4n) is 1.87. The number of hydrogen-bond donors (Lipinski definition) is 2. The molecule has 1 heterocycles. The molecule has 2 heteroatoms. The van der Waals surface area contributed by atoms with E-state index >= 15 is 0 Å². The van der Waals surface area contributed by atoms with Gasteiger partial charge in [-0.2, -0.15) is 0 Å². The Kier molecular flexibility index (Phi) is 3.53. The Hall–Kier alpha value is -0.0800. The molecule has 1 rings (SSSR count). The molecule has 2 N–H and O–H groups in total. The third-order valence-electron chi connectivity index (χ3n) is 3.08. The maximum absolute atomic E-state index is 9.37. The monoisotopic (exact) mass is 171 g/mol. The Bertz CT molecular complexity index is 136. The fraction of sp³-hybridized carbons (Fsp3) is 1.00. The van der Waals surface area contributed by atoms with Gasteiger partial charge in [0.05, 0.1) is 6.10 Å². The summed E-state index contributed by atoms with van der Waals surface area (Å²) in [6, 6.07) is 0.373. The molecular weight excluding hydrogens is 150 g/mol. The van der Waals surface area contributed by atoms with E-state index in [1.165, 1.54) is 6.42 Å². The van der Waals surface area contributed by atoms with Crippen LogP contribution in [-0.4, -0.2) is 23.8 Å². The molecule has 0 radical (unpaired) electrons. The lowest BCUT2D eigenvalue weighted by atomic mass is 9.83. The summed E-state index contributed by atoms with van der Waals surface area (Å²) in [5, 5.41) is 12.6. The van der Waals surface area contributed by atoms with Gasteiger partial charge in [-0.15, -0.1) is 0 Å². The standard InChI is InChI=1S/C10H21NO/c1-4-8(7(2)3)5-9-10(12)6-11-9/h7-12H,4-6H2,1-3H3/t8-,9?,10-/m0/s1. The fourth-order valence-corrected chi connectivity index (χ4v) is 1.87. The second kappa shape index (κ2) is 4.24. The molecular formula is C10H21NO. The molecule has 0 bridgehead atoms. The average molecular weight is 171 g/mol. The van der Waals surface area contributed by atoms with Crippen LogP contribution in [0.5, 0.6) is 0 Å². The van der Waals surface area contributed by atoms with Crippen LogP contribution in [0.25, 0.3) is 0 Å². The van der Waals surface area contributed by atoms with Crippen LogP contribution in [0.1, 0.15) is 33.6 Å². The lowest BCUT2D eigenvalue weighted by Gasteiger charge is -2.37. The summed E-state index contributed by atoms with van der Waals surface area (Å²) < 4.78 is 0. The molecule has 1 aliphatic rings. The normalized spacial score (nSPS) is 31.8. The van der Waals surface area contributed by atoms with Gasteiger partial charge in [-0.25, -0.2) is 0 Å². The number of β-amino-alcohol motifs (C(OH)–C–C–N with tert-alkyl or cyclic N) is 1. The van der Waals surface area contributed by atoms with Crippen LogP contribution in [0.2, 0.25) is 0 Å². The molecule has 12 heavy (non-hydrogen) atoms. The molecule has 1 fully saturated rings. The van der Waals surface area contributed by atoms with Crippen LogP contribution >= 0.6 is 0 Å². The van der Waals surface area contributed by atoms with Gasteiger partial charge in [-0.3, -0.25) is 0 Å². The van der Waals surface area contributed by atoms with Gasteiger partial charge in [0.1, 0.15) is 0 Å². The predicted molar refractivity (Wildman–Crippen MR) is 51.0 cm³/mol. The molecule has 0 aliphatic carbocycles. The van der Waals surface area contributed by atoms with Crippen molar-refractivity contribution in [2.24, 2.45) is 11.8 Å². The maximum atomic E-state index is 9.37. The number of aliphatic hydroxyl groups excluding tert-OH is 1. The minimum Gasteiger partial charge on any atom is -0.390 e. The van der Waals surface area contributed by atoms with Crippen LogP contribution in [0.15, 0.2) is 0 Å². The molecule has 1 aliphatic heterocycles. The van der Waals surface area contributed by atoms with Crippen LogP contribution in [-0.2, 0) is 0 Å². The van der Waals surface area contributed by atoms with Crippen LogP contribution in [0.3, 0.4) is 0 Å². The third-order valence-corrected chi connectivity index (χ3v) is 3.08. The zero-order valence-corrected chi connectivity index (χ0v) is 8.38. The number of aliphatic hydroxyl groups is 1. The Morgan fingerprint density at radius 3 is 2.42 bits per heavy atom. The van der Waals surface area contributed by atoms with E-state index in [-0.39, 0.29) is 6.10 Å². The molecule has 0 aromatic rings. The summed E-state index contributed by atoms with van der Waals surface area (Å²) in [4.78, 5) is 0. The Morgan fingerprint density at radius 2 is 2.17 bits per heavy atom. The zero-order chi connectivity index (χ0) is 9.14. The molecule has 0 aromatic heterocycles. The maximum Gasteiger partial charge on any atom is 0.0817 e. The van der Waals surface area contributed by atoms with Gasteiger partial charge in [-0.1, -0.05) is 27.2 Å². The average Bonchev–Trinajstić information content (AvgIpc) is 2.02. The minimum absolute atomic E-state index is 0.0854. The number of nitrogens with one attached hydrogen (secondary N) is 1. The van der Waals surface area contributed by atoms with E-state index < -0.39 is 0 Å². The molecule has 1 saturated heterocycles. The van der Waals surface area contributed by atoms with Gasteiger partial charge in [0.15, 0.2) is 0 Å². The van der Waals surface area contributed by atoms with Gasteiger partial charge < -0.3 is 10.4 Å². The smallest absolute Gasteiger partial charge is 0.0817 e. The van der Waals surface area contributed by atoms with Gasteiger partial charge in [0.25, 0.3) is 0 Å².